The molecule has 2 N–H and O–H groups in total. The number of unbranched alkanes of at least 4 members (excludes halogenated alkanes) is 1. The number of aliphatic carboxylic acids is 1. The highest BCUT2D eigenvalue weighted by Gasteiger charge is 2.13. The number of rotatable bonds is 7. The van der Waals surface area contributed by atoms with Crippen molar-refractivity contribution in [3.8, 4) is 0 Å². The van der Waals surface area contributed by atoms with Gasteiger partial charge in [-0.2, -0.15) is 0 Å². The van der Waals surface area contributed by atoms with Gasteiger partial charge in [-0.3, -0.25) is 9.59 Å². The normalized spacial score (nSPS) is 14.3. The van der Waals surface area contributed by atoms with E-state index in [1.54, 1.807) is 13.8 Å². The van der Waals surface area contributed by atoms with Gasteiger partial charge in [0.05, 0.1) is 6.10 Å². The second-order valence-electron chi connectivity index (χ2n) is 3.54. The van der Waals surface area contributed by atoms with E-state index in [9.17, 15) is 9.59 Å². The molecule has 2 unspecified atom stereocenters. The monoisotopic (exact) mass is 218 g/mol. The molecule has 0 rings (SSSR count). The Kier molecular flexibility index (Phi) is 6.70. The van der Waals surface area contributed by atoms with Crippen molar-refractivity contribution in [2.24, 2.45) is 0 Å². The minimum absolute atomic E-state index is 0.0687. The van der Waals surface area contributed by atoms with E-state index in [0.717, 1.165) is 0 Å². The number of aliphatic hydroxyl groups is 1. The molecule has 0 aromatic heterocycles. The van der Waals surface area contributed by atoms with Crippen LogP contribution in [-0.4, -0.2) is 34.4 Å². The van der Waals surface area contributed by atoms with Crippen molar-refractivity contribution in [1.29, 1.82) is 0 Å². The SMILES string of the molecule is CC(O)C(C)OC(=O)CCCCC(=O)O. The number of carboxylic acids is 1. The maximum Gasteiger partial charge on any atom is 0.306 e. The predicted molar refractivity (Wildman–Crippen MR) is 53.3 cm³/mol. The van der Waals surface area contributed by atoms with Crippen LogP contribution in [-0.2, 0) is 14.3 Å². The standard InChI is InChI=1S/C10H18O5/c1-7(11)8(2)15-10(14)6-4-3-5-9(12)13/h7-8,11H,3-6H2,1-2H3,(H,12,13). The molecule has 0 heterocycles. The van der Waals surface area contributed by atoms with Gasteiger partial charge in [0.15, 0.2) is 0 Å². The lowest BCUT2D eigenvalue weighted by molar-refractivity contribution is -0.153. The van der Waals surface area contributed by atoms with Gasteiger partial charge in [-0.05, 0) is 26.7 Å². The lowest BCUT2D eigenvalue weighted by Crippen LogP contribution is -2.25. The predicted octanol–water partition coefficient (Wildman–Crippen LogP) is 0.944. The molecule has 0 radical (unpaired) electrons. The summed E-state index contributed by atoms with van der Waals surface area (Å²) in [6, 6.07) is 0. The van der Waals surface area contributed by atoms with Crippen LogP contribution in [0.15, 0.2) is 0 Å². The molecular weight excluding hydrogens is 200 g/mol. The molecule has 5 nitrogen and oxygen atoms in total. The van der Waals surface area contributed by atoms with Crippen LogP contribution in [0.3, 0.4) is 0 Å². The van der Waals surface area contributed by atoms with Gasteiger partial charge >= 0.3 is 11.9 Å². The number of ether oxygens (including phenoxy) is 1. The van der Waals surface area contributed by atoms with Gasteiger partial charge < -0.3 is 14.9 Å². The van der Waals surface area contributed by atoms with E-state index in [-0.39, 0.29) is 12.8 Å². The summed E-state index contributed by atoms with van der Waals surface area (Å²) in [5.74, 6) is -1.26. The lowest BCUT2D eigenvalue weighted by Gasteiger charge is -2.15. The van der Waals surface area contributed by atoms with Crippen molar-refractivity contribution >= 4 is 11.9 Å². The van der Waals surface area contributed by atoms with Crippen LogP contribution >= 0.6 is 0 Å². The number of carbonyl (C=O) groups excluding carboxylic acids is 1. The summed E-state index contributed by atoms with van der Waals surface area (Å²) in [5, 5.41) is 17.4. The van der Waals surface area contributed by atoms with Crippen LogP contribution in [0.4, 0.5) is 0 Å². The highest BCUT2D eigenvalue weighted by molar-refractivity contribution is 5.70. The zero-order chi connectivity index (χ0) is 11.8. The number of hydrogen-bond acceptors (Lipinski definition) is 4. The molecule has 5 heteroatoms. The maximum atomic E-state index is 11.1. The van der Waals surface area contributed by atoms with Crippen molar-refractivity contribution < 1.29 is 24.5 Å². The number of carbonyl (C=O) groups is 2. The number of carboxylic acid groups (broad SMARTS) is 1. The molecule has 0 saturated carbocycles. The summed E-state index contributed by atoms with van der Waals surface area (Å²) in [7, 11) is 0. The van der Waals surface area contributed by atoms with Gasteiger partial charge in [-0.1, -0.05) is 0 Å². The van der Waals surface area contributed by atoms with E-state index < -0.39 is 24.1 Å². The third kappa shape index (κ3) is 7.93. The molecule has 88 valence electrons. The molecule has 15 heavy (non-hydrogen) atoms. The number of aliphatic hydroxyl groups excluding tert-OH is 1. The first kappa shape index (κ1) is 13.9. The first-order valence-electron chi connectivity index (χ1n) is 5.03. The third-order valence-electron chi connectivity index (χ3n) is 2.02. The fraction of sp³-hybridized carbons (Fsp3) is 0.800. The summed E-state index contributed by atoms with van der Waals surface area (Å²) in [6.45, 7) is 3.15. The van der Waals surface area contributed by atoms with E-state index in [4.69, 9.17) is 14.9 Å². The fourth-order valence-electron chi connectivity index (χ4n) is 0.910. The molecule has 0 aliphatic heterocycles. The van der Waals surface area contributed by atoms with Gasteiger partial charge in [0.2, 0.25) is 0 Å². The highest BCUT2D eigenvalue weighted by Crippen LogP contribution is 2.05. The molecule has 0 bridgehead atoms. The topological polar surface area (TPSA) is 83.8 Å². The van der Waals surface area contributed by atoms with Crippen LogP contribution in [0.1, 0.15) is 39.5 Å². The largest absolute Gasteiger partial charge is 0.481 e. The maximum absolute atomic E-state index is 11.1. The van der Waals surface area contributed by atoms with Crippen LogP contribution in [0.25, 0.3) is 0 Å². The lowest BCUT2D eigenvalue weighted by atomic mass is 10.2. The Morgan fingerprint density at radius 3 is 2.20 bits per heavy atom. The molecule has 0 aliphatic rings. The summed E-state index contributed by atoms with van der Waals surface area (Å²) in [4.78, 5) is 21.3. The summed E-state index contributed by atoms with van der Waals surface area (Å²) < 4.78 is 4.88. The van der Waals surface area contributed by atoms with Crippen molar-refractivity contribution in [3.63, 3.8) is 0 Å². The molecule has 0 fully saturated rings. The second-order valence-corrected chi connectivity index (χ2v) is 3.54. The molecule has 0 saturated heterocycles. The molecule has 0 aliphatic carbocycles. The van der Waals surface area contributed by atoms with E-state index in [0.29, 0.717) is 12.8 Å². The molecule has 0 aromatic carbocycles. The Labute approximate surface area is 89.0 Å². The van der Waals surface area contributed by atoms with Gasteiger partial charge in [0, 0.05) is 12.8 Å². The molecule has 0 amide bonds. The Morgan fingerprint density at radius 1 is 1.20 bits per heavy atom. The first-order valence-corrected chi connectivity index (χ1v) is 5.03. The van der Waals surface area contributed by atoms with Crippen molar-refractivity contribution in [1.82, 2.24) is 0 Å². The zero-order valence-corrected chi connectivity index (χ0v) is 9.10. The minimum atomic E-state index is -0.860. The van der Waals surface area contributed by atoms with Crippen LogP contribution in [0, 0.1) is 0 Å². The summed E-state index contributed by atoms with van der Waals surface area (Å²) >= 11 is 0. The van der Waals surface area contributed by atoms with Gasteiger partial charge in [-0.25, -0.2) is 0 Å². The van der Waals surface area contributed by atoms with E-state index in [1.165, 1.54) is 0 Å². The smallest absolute Gasteiger partial charge is 0.306 e. The Bertz CT molecular complexity index is 212. The first-order chi connectivity index (χ1) is 6.93. The molecular formula is C10H18O5. The van der Waals surface area contributed by atoms with Crippen molar-refractivity contribution in [2.75, 3.05) is 0 Å². The quantitative estimate of drug-likeness (QED) is 0.491. The Morgan fingerprint density at radius 2 is 1.73 bits per heavy atom. The summed E-state index contributed by atoms with van der Waals surface area (Å²) in [6.07, 6.45) is 0.0271. The van der Waals surface area contributed by atoms with Crippen LogP contribution in [0.2, 0.25) is 0 Å². The van der Waals surface area contributed by atoms with Gasteiger partial charge in [0.25, 0.3) is 0 Å². The van der Waals surface area contributed by atoms with Gasteiger partial charge in [0.1, 0.15) is 6.10 Å². The number of esters is 1. The van der Waals surface area contributed by atoms with Crippen molar-refractivity contribution in [3.05, 3.63) is 0 Å². The van der Waals surface area contributed by atoms with E-state index >= 15 is 0 Å². The highest BCUT2D eigenvalue weighted by atomic mass is 16.6. The van der Waals surface area contributed by atoms with Crippen LogP contribution in [0.5, 0.6) is 0 Å². The van der Waals surface area contributed by atoms with E-state index in [2.05, 4.69) is 0 Å². The van der Waals surface area contributed by atoms with Crippen molar-refractivity contribution in [2.45, 2.75) is 51.7 Å². The van der Waals surface area contributed by atoms with E-state index in [1.807, 2.05) is 0 Å². The average Bonchev–Trinajstić information content (AvgIpc) is 2.12. The Balaban J connectivity index is 3.53. The zero-order valence-electron chi connectivity index (χ0n) is 9.10. The Hall–Kier alpha value is -1.10. The van der Waals surface area contributed by atoms with Crippen LogP contribution < -0.4 is 0 Å². The third-order valence-corrected chi connectivity index (χ3v) is 2.02. The fourth-order valence-corrected chi connectivity index (χ4v) is 0.910. The minimum Gasteiger partial charge on any atom is -0.481 e. The average molecular weight is 218 g/mol. The van der Waals surface area contributed by atoms with Gasteiger partial charge in [-0.15, -0.1) is 0 Å². The number of hydrogen-bond donors (Lipinski definition) is 2. The molecule has 0 aromatic rings. The molecule has 0 spiro atoms. The second kappa shape index (κ2) is 7.23. The summed E-state index contributed by atoms with van der Waals surface area (Å²) in [5.41, 5.74) is 0. The molecule has 2 atom stereocenters.